The molecule has 7 heteroatoms. The molecule has 0 atom stereocenters. The number of likely N-dealkylation sites (N-methyl/N-ethyl adjacent to an activating group) is 2. The fourth-order valence-electron chi connectivity index (χ4n) is 2.83. The SMILES string of the molecule is COc1ccc(N2CC[NH+](CC(=O)N(C)CC(=O)N(C)C)CC2)cc1. The van der Waals surface area contributed by atoms with E-state index in [4.69, 9.17) is 4.74 Å². The van der Waals surface area contributed by atoms with Crippen molar-refractivity contribution >= 4 is 17.5 Å². The molecule has 0 bridgehead atoms. The lowest BCUT2D eigenvalue weighted by atomic mass is 10.2. The largest absolute Gasteiger partial charge is 0.497 e. The summed E-state index contributed by atoms with van der Waals surface area (Å²) in [7, 11) is 6.75. The van der Waals surface area contributed by atoms with Gasteiger partial charge in [-0.15, -0.1) is 0 Å². The van der Waals surface area contributed by atoms with Crippen molar-refractivity contribution in [3.63, 3.8) is 0 Å². The number of methoxy groups -OCH3 is 1. The van der Waals surface area contributed by atoms with Crippen molar-refractivity contribution in [1.82, 2.24) is 9.80 Å². The van der Waals surface area contributed by atoms with Crippen molar-refractivity contribution in [2.24, 2.45) is 0 Å². The second kappa shape index (κ2) is 8.71. The van der Waals surface area contributed by atoms with Gasteiger partial charge in [-0.3, -0.25) is 9.59 Å². The van der Waals surface area contributed by atoms with Crippen LogP contribution >= 0.6 is 0 Å². The van der Waals surface area contributed by atoms with Gasteiger partial charge in [-0.05, 0) is 24.3 Å². The minimum atomic E-state index is -0.0600. The summed E-state index contributed by atoms with van der Waals surface area (Å²) in [5.74, 6) is 0.812. The average Bonchev–Trinajstić information content (AvgIpc) is 2.62. The number of rotatable bonds is 6. The van der Waals surface area contributed by atoms with Crippen molar-refractivity contribution < 1.29 is 19.2 Å². The highest BCUT2D eigenvalue weighted by atomic mass is 16.5. The van der Waals surface area contributed by atoms with Crippen LogP contribution in [0.25, 0.3) is 0 Å². The van der Waals surface area contributed by atoms with Gasteiger partial charge in [-0.1, -0.05) is 0 Å². The second-order valence-electron chi connectivity index (χ2n) is 6.65. The van der Waals surface area contributed by atoms with E-state index in [1.54, 1.807) is 28.3 Å². The Bertz CT molecular complexity index is 580. The zero-order valence-corrected chi connectivity index (χ0v) is 15.6. The van der Waals surface area contributed by atoms with Crippen LogP contribution in [0.1, 0.15) is 0 Å². The first-order valence-electron chi connectivity index (χ1n) is 8.57. The van der Waals surface area contributed by atoms with Gasteiger partial charge in [-0.25, -0.2) is 0 Å². The Hall–Kier alpha value is -2.28. The molecule has 1 heterocycles. The summed E-state index contributed by atoms with van der Waals surface area (Å²) in [6.07, 6.45) is 0. The van der Waals surface area contributed by atoms with Gasteiger partial charge in [0.2, 0.25) is 5.91 Å². The lowest BCUT2D eigenvalue weighted by Gasteiger charge is -2.34. The highest BCUT2D eigenvalue weighted by Crippen LogP contribution is 2.18. The smallest absolute Gasteiger partial charge is 0.277 e. The lowest BCUT2D eigenvalue weighted by Crippen LogP contribution is -3.15. The molecule has 0 spiro atoms. The number of anilines is 1. The zero-order valence-electron chi connectivity index (χ0n) is 15.6. The molecule has 1 aliphatic rings. The maximum Gasteiger partial charge on any atom is 0.277 e. The number of carbonyl (C=O) groups excluding carboxylic acids is 2. The predicted octanol–water partition coefficient (Wildman–Crippen LogP) is -1.05. The first kappa shape index (κ1) is 19.1. The van der Waals surface area contributed by atoms with Gasteiger partial charge in [-0.2, -0.15) is 0 Å². The number of amides is 2. The maximum atomic E-state index is 12.3. The highest BCUT2D eigenvalue weighted by Gasteiger charge is 2.24. The highest BCUT2D eigenvalue weighted by molar-refractivity contribution is 5.84. The van der Waals surface area contributed by atoms with E-state index in [1.807, 2.05) is 12.1 Å². The number of hydrogen-bond acceptors (Lipinski definition) is 4. The van der Waals surface area contributed by atoms with Crippen molar-refractivity contribution in [2.75, 3.05) is 72.4 Å². The Kier molecular flexibility index (Phi) is 6.64. The molecule has 138 valence electrons. The molecular weight excluding hydrogens is 320 g/mol. The molecule has 0 aromatic heterocycles. The van der Waals surface area contributed by atoms with Gasteiger partial charge in [0.25, 0.3) is 5.91 Å². The summed E-state index contributed by atoms with van der Waals surface area (Å²) in [4.78, 5) is 30.6. The Morgan fingerprint density at radius 3 is 2.20 bits per heavy atom. The lowest BCUT2D eigenvalue weighted by molar-refractivity contribution is -0.892. The Morgan fingerprint density at radius 2 is 1.68 bits per heavy atom. The van der Waals surface area contributed by atoms with Crippen LogP contribution in [0, 0.1) is 0 Å². The molecule has 1 aromatic rings. The van der Waals surface area contributed by atoms with Gasteiger partial charge in [0.05, 0.1) is 39.8 Å². The minimum absolute atomic E-state index is 0.0168. The van der Waals surface area contributed by atoms with Crippen LogP contribution in [0.2, 0.25) is 0 Å². The van der Waals surface area contributed by atoms with Gasteiger partial charge in [0.15, 0.2) is 6.54 Å². The number of nitrogens with zero attached hydrogens (tertiary/aromatic N) is 3. The van der Waals surface area contributed by atoms with Crippen LogP contribution < -0.4 is 14.5 Å². The molecular formula is C18H29N4O3+. The topological polar surface area (TPSA) is 57.5 Å². The minimum Gasteiger partial charge on any atom is -0.497 e. The van der Waals surface area contributed by atoms with Crippen LogP contribution in [-0.4, -0.2) is 89.1 Å². The van der Waals surface area contributed by atoms with Gasteiger partial charge >= 0.3 is 0 Å². The average molecular weight is 349 g/mol. The third-order valence-electron chi connectivity index (χ3n) is 4.61. The Balaban J connectivity index is 1.79. The molecule has 1 N–H and O–H groups in total. The number of hydrogen-bond donors (Lipinski definition) is 1. The first-order valence-corrected chi connectivity index (χ1v) is 8.57. The number of nitrogens with one attached hydrogen (secondary N) is 1. The summed E-state index contributed by atoms with van der Waals surface area (Å²) in [6.45, 7) is 4.22. The molecule has 1 aromatic carbocycles. The van der Waals surface area contributed by atoms with Crippen molar-refractivity contribution in [3.8, 4) is 5.75 Å². The maximum absolute atomic E-state index is 12.3. The van der Waals surface area contributed by atoms with E-state index in [1.165, 1.54) is 20.4 Å². The standard InChI is InChI=1S/C18H28N4O3/c1-19(2)17(23)13-20(3)18(24)14-21-9-11-22(12-10-21)15-5-7-16(25-4)8-6-15/h5-8H,9-14H2,1-4H3/p+1. The van der Waals surface area contributed by atoms with Gasteiger partial charge in [0, 0.05) is 26.8 Å². The van der Waals surface area contributed by atoms with Gasteiger partial charge in [0.1, 0.15) is 5.75 Å². The van der Waals surface area contributed by atoms with E-state index in [9.17, 15) is 9.59 Å². The third-order valence-corrected chi connectivity index (χ3v) is 4.61. The molecule has 1 saturated heterocycles. The predicted molar refractivity (Wildman–Crippen MR) is 97.1 cm³/mol. The number of ether oxygens (including phenoxy) is 1. The van der Waals surface area contributed by atoms with Gasteiger partial charge < -0.3 is 24.3 Å². The number of quaternary nitrogens is 1. The van der Waals surface area contributed by atoms with Crippen LogP contribution in [0.5, 0.6) is 5.75 Å². The molecule has 0 saturated carbocycles. The van der Waals surface area contributed by atoms with E-state index in [0.717, 1.165) is 31.9 Å². The summed E-state index contributed by atoms with van der Waals surface area (Å²) >= 11 is 0. The van der Waals surface area contributed by atoms with Crippen molar-refractivity contribution in [3.05, 3.63) is 24.3 Å². The number of benzene rings is 1. The normalized spacial score (nSPS) is 15.0. The molecule has 0 radical (unpaired) electrons. The Labute approximate surface area is 149 Å². The van der Waals surface area contributed by atoms with Crippen LogP contribution in [0.15, 0.2) is 24.3 Å². The summed E-state index contributed by atoms with van der Waals surface area (Å²) in [5.41, 5.74) is 1.18. The summed E-state index contributed by atoms with van der Waals surface area (Å²) < 4.78 is 5.19. The summed E-state index contributed by atoms with van der Waals surface area (Å²) in [6, 6.07) is 8.06. The van der Waals surface area contributed by atoms with E-state index in [0.29, 0.717) is 6.54 Å². The Morgan fingerprint density at radius 1 is 1.08 bits per heavy atom. The quantitative estimate of drug-likeness (QED) is 0.712. The second-order valence-corrected chi connectivity index (χ2v) is 6.65. The van der Waals surface area contributed by atoms with E-state index >= 15 is 0 Å². The molecule has 1 fully saturated rings. The molecule has 0 aliphatic carbocycles. The molecule has 2 amide bonds. The van der Waals surface area contributed by atoms with E-state index < -0.39 is 0 Å². The number of carbonyl (C=O) groups is 2. The molecule has 25 heavy (non-hydrogen) atoms. The summed E-state index contributed by atoms with van der Waals surface area (Å²) in [5, 5.41) is 0. The fourth-order valence-corrected chi connectivity index (χ4v) is 2.83. The molecule has 7 nitrogen and oxygen atoms in total. The van der Waals surface area contributed by atoms with Crippen LogP contribution in [0.3, 0.4) is 0 Å². The zero-order chi connectivity index (χ0) is 18.4. The van der Waals surface area contributed by atoms with E-state index in [2.05, 4.69) is 17.0 Å². The van der Waals surface area contributed by atoms with Crippen molar-refractivity contribution in [2.45, 2.75) is 0 Å². The fraction of sp³-hybridized carbons (Fsp3) is 0.556. The van der Waals surface area contributed by atoms with Crippen molar-refractivity contribution in [1.29, 1.82) is 0 Å². The first-order chi connectivity index (χ1) is 11.9. The van der Waals surface area contributed by atoms with Crippen LogP contribution in [0.4, 0.5) is 5.69 Å². The molecule has 1 aliphatic heterocycles. The number of piperazine rings is 1. The van der Waals surface area contributed by atoms with Crippen LogP contribution in [-0.2, 0) is 9.59 Å². The third kappa shape index (κ3) is 5.35. The molecule has 2 rings (SSSR count). The van der Waals surface area contributed by atoms with E-state index in [-0.39, 0.29) is 18.4 Å². The monoisotopic (exact) mass is 349 g/mol. The molecule has 0 unspecified atom stereocenters.